The zero-order valence-corrected chi connectivity index (χ0v) is 20.4. The highest BCUT2D eigenvalue weighted by Gasteiger charge is 2.13. The molecule has 0 spiro atoms. The third-order valence-corrected chi connectivity index (χ3v) is 6.04. The largest absolute Gasteiger partial charge is 0.507 e. The summed E-state index contributed by atoms with van der Waals surface area (Å²) in [5.74, 6) is -0.409. The van der Waals surface area contributed by atoms with E-state index in [2.05, 4.69) is 10.5 Å². The van der Waals surface area contributed by atoms with Crippen LogP contribution in [0.5, 0.6) is 11.5 Å². The lowest BCUT2D eigenvalue weighted by atomic mass is 10.1. The topological polar surface area (TPSA) is 70.9 Å². The Morgan fingerprint density at radius 2 is 1.59 bits per heavy atom. The molecule has 9 heteroatoms. The molecule has 0 saturated heterocycles. The fourth-order valence-electron chi connectivity index (χ4n) is 3.22. The van der Waals surface area contributed by atoms with Crippen molar-refractivity contribution < 1.29 is 14.6 Å². The number of nitrogens with one attached hydrogen (secondary N) is 1. The van der Waals surface area contributed by atoms with Gasteiger partial charge >= 0.3 is 0 Å². The van der Waals surface area contributed by atoms with Crippen molar-refractivity contribution >= 4 is 69.3 Å². The summed E-state index contributed by atoms with van der Waals surface area (Å²) in [7, 11) is 0. The van der Waals surface area contributed by atoms with Crippen LogP contribution in [0, 0.1) is 0 Å². The van der Waals surface area contributed by atoms with E-state index < -0.39 is 5.91 Å². The summed E-state index contributed by atoms with van der Waals surface area (Å²) in [6, 6.07) is 18.8. The van der Waals surface area contributed by atoms with Gasteiger partial charge in [0.05, 0.1) is 21.8 Å². The first-order valence-corrected chi connectivity index (χ1v) is 11.4. The Morgan fingerprint density at radius 3 is 2.26 bits per heavy atom. The molecule has 34 heavy (non-hydrogen) atoms. The van der Waals surface area contributed by atoms with E-state index in [-0.39, 0.29) is 33.7 Å². The number of hydrogen-bond donors (Lipinski definition) is 2. The molecule has 0 aliphatic heterocycles. The van der Waals surface area contributed by atoms with Crippen LogP contribution in [0.15, 0.2) is 71.8 Å². The van der Waals surface area contributed by atoms with E-state index in [4.69, 9.17) is 51.1 Å². The average Bonchev–Trinajstić information content (AvgIpc) is 2.79. The number of hydrogen-bond acceptors (Lipinski definition) is 4. The van der Waals surface area contributed by atoms with Crippen molar-refractivity contribution in [3.63, 3.8) is 0 Å². The van der Waals surface area contributed by atoms with Crippen LogP contribution in [0.4, 0.5) is 0 Å². The zero-order valence-electron chi connectivity index (χ0n) is 17.4. The second-order valence-corrected chi connectivity index (χ2v) is 8.91. The van der Waals surface area contributed by atoms with E-state index in [0.29, 0.717) is 15.6 Å². The molecule has 0 aliphatic rings. The number of hydrazone groups is 1. The Balaban J connectivity index is 1.44. The van der Waals surface area contributed by atoms with Crippen molar-refractivity contribution in [2.75, 3.05) is 0 Å². The maximum absolute atomic E-state index is 12.5. The van der Waals surface area contributed by atoms with Crippen LogP contribution in [-0.2, 0) is 6.61 Å². The number of rotatable bonds is 6. The third kappa shape index (κ3) is 5.57. The normalized spacial score (nSPS) is 11.2. The van der Waals surface area contributed by atoms with E-state index in [9.17, 15) is 9.90 Å². The Kier molecular flexibility index (Phi) is 7.49. The van der Waals surface area contributed by atoms with Crippen molar-refractivity contribution in [1.82, 2.24) is 5.43 Å². The first kappa shape index (κ1) is 24.2. The van der Waals surface area contributed by atoms with E-state index >= 15 is 0 Å². The zero-order chi connectivity index (χ0) is 24.2. The SMILES string of the molecule is O=C(NN=Cc1cc(Cl)c(OCc2ccc(Cl)cc2Cl)c(Cl)c1)c1cc2ccccc2cc1O. The van der Waals surface area contributed by atoms with Crippen LogP contribution in [0.1, 0.15) is 21.5 Å². The number of aromatic hydroxyl groups is 1. The molecule has 0 aliphatic carbocycles. The highest BCUT2D eigenvalue weighted by atomic mass is 35.5. The summed E-state index contributed by atoms with van der Waals surface area (Å²) >= 11 is 24.7. The molecule has 2 N–H and O–H groups in total. The summed E-state index contributed by atoms with van der Waals surface area (Å²) in [6.45, 7) is 0.147. The monoisotopic (exact) mass is 532 g/mol. The van der Waals surface area contributed by atoms with Crippen molar-refractivity contribution in [3.8, 4) is 11.5 Å². The number of phenolic OH excluding ortho intramolecular Hbond substituents is 1. The van der Waals surface area contributed by atoms with Crippen LogP contribution < -0.4 is 10.2 Å². The van der Waals surface area contributed by atoms with Crippen LogP contribution >= 0.6 is 46.4 Å². The summed E-state index contributed by atoms with van der Waals surface area (Å²) in [4.78, 5) is 12.5. The van der Waals surface area contributed by atoms with Crippen molar-refractivity contribution in [2.45, 2.75) is 6.61 Å². The predicted molar refractivity (Wildman–Crippen MR) is 138 cm³/mol. The van der Waals surface area contributed by atoms with Gasteiger partial charge in [-0.25, -0.2) is 5.43 Å². The van der Waals surface area contributed by atoms with Crippen LogP contribution in [0.3, 0.4) is 0 Å². The number of ether oxygens (including phenoxy) is 1. The van der Waals surface area contributed by atoms with Gasteiger partial charge in [-0.3, -0.25) is 4.79 Å². The molecule has 172 valence electrons. The Morgan fingerprint density at radius 1 is 0.912 bits per heavy atom. The number of carbonyl (C=O) groups excluding carboxylic acids is 1. The maximum Gasteiger partial charge on any atom is 0.275 e. The minimum atomic E-state index is -0.559. The standard InChI is InChI=1S/C25H16Cl4N2O3/c26-18-6-5-17(20(27)11-18)13-34-24-21(28)7-14(8-22(24)29)12-30-31-25(33)19-9-15-3-1-2-4-16(15)10-23(19)32/h1-12,32H,13H2,(H,31,33). The molecule has 0 aromatic heterocycles. The molecule has 0 radical (unpaired) electrons. The second-order valence-electron chi connectivity index (χ2n) is 7.25. The maximum atomic E-state index is 12.5. The lowest BCUT2D eigenvalue weighted by Crippen LogP contribution is -2.17. The number of benzene rings is 4. The number of halogens is 4. The van der Waals surface area contributed by atoms with Gasteiger partial charge in [-0.15, -0.1) is 0 Å². The van der Waals surface area contributed by atoms with Crippen molar-refractivity contribution in [3.05, 3.63) is 104 Å². The van der Waals surface area contributed by atoms with Gasteiger partial charge in [-0.1, -0.05) is 76.7 Å². The smallest absolute Gasteiger partial charge is 0.275 e. The van der Waals surface area contributed by atoms with Crippen molar-refractivity contribution in [2.24, 2.45) is 5.10 Å². The fourth-order valence-corrected chi connectivity index (χ4v) is 4.29. The molecule has 1 amide bonds. The van der Waals surface area contributed by atoms with E-state index in [1.54, 1.807) is 36.4 Å². The van der Waals surface area contributed by atoms with Gasteiger partial charge < -0.3 is 9.84 Å². The lowest BCUT2D eigenvalue weighted by molar-refractivity contribution is 0.0952. The average molecular weight is 534 g/mol. The quantitative estimate of drug-likeness (QED) is 0.199. The van der Waals surface area contributed by atoms with Crippen LogP contribution in [0.25, 0.3) is 10.8 Å². The summed E-state index contributed by atoms with van der Waals surface area (Å²) in [5, 5.41) is 17.3. The summed E-state index contributed by atoms with van der Waals surface area (Å²) in [5.41, 5.74) is 3.76. The highest BCUT2D eigenvalue weighted by molar-refractivity contribution is 6.37. The molecule has 0 atom stereocenters. The highest BCUT2D eigenvalue weighted by Crippen LogP contribution is 2.35. The van der Waals surface area contributed by atoms with Crippen LogP contribution in [-0.4, -0.2) is 17.2 Å². The molecule has 0 fully saturated rings. The van der Waals surface area contributed by atoms with Gasteiger partial charge in [0, 0.05) is 15.6 Å². The van der Waals surface area contributed by atoms with Crippen molar-refractivity contribution in [1.29, 1.82) is 0 Å². The molecule has 5 nitrogen and oxygen atoms in total. The van der Waals surface area contributed by atoms with E-state index in [1.165, 1.54) is 12.3 Å². The fraction of sp³-hybridized carbons (Fsp3) is 0.0400. The molecule has 0 heterocycles. The molecular weight excluding hydrogens is 518 g/mol. The van der Waals surface area contributed by atoms with E-state index in [1.807, 2.05) is 24.3 Å². The van der Waals surface area contributed by atoms with Crippen LogP contribution in [0.2, 0.25) is 20.1 Å². The van der Waals surface area contributed by atoms with E-state index in [0.717, 1.165) is 16.3 Å². The van der Waals surface area contributed by atoms with Gasteiger partial charge in [0.2, 0.25) is 0 Å². The third-order valence-electron chi connectivity index (χ3n) is 4.90. The van der Waals surface area contributed by atoms with Gasteiger partial charge in [-0.05, 0) is 52.7 Å². The molecular formula is C25H16Cl4N2O3. The Labute approximate surface area is 215 Å². The Hall–Kier alpha value is -2.96. The number of carbonyl (C=O) groups is 1. The Bertz CT molecular complexity index is 1400. The number of nitrogens with zero attached hydrogens (tertiary/aromatic N) is 1. The molecule has 4 aromatic carbocycles. The first-order chi connectivity index (χ1) is 16.3. The summed E-state index contributed by atoms with van der Waals surface area (Å²) < 4.78 is 5.74. The molecule has 0 unspecified atom stereocenters. The van der Waals surface area contributed by atoms with Gasteiger partial charge in [-0.2, -0.15) is 5.10 Å². The number of fused-ring (bicyclic) bond motifs is 1. The minimum absolute atomic E-state index is 0.108. The van der Waals surface area contributed by atoms with Gasteiger partial charge in [0.25, 0.3) is 5.91 Å². The summed E-state index contributed by atoms with van der Waals surface area (Å²) in [6.07, 6.45) is 1.38. The molecule has 0 bridgehead atoms. The molecule has 0 saturated carbocycles. The molecule has 4 aromatic rings. The minimum Gasteiger partial charge on any atom is -0.507 e. The first-order valence-electron chi connectivity index (χ1n) is 9.93. The molecule has 4 rings (SSSR count). The number of amides is 1. The lowest BCUT2D eigenvalue weighted by Gasteiger charge is -2.12. The second kappa shape index (κ2) is 10.5. The van der Waals surface area contributed by atoms with Gasteiger partial charge in [0.15, 0.2) is 5.75 Å². The van der Waals surface area contributed by atoms with Gasteiger partial charge in [0.1, 0.15) is 12.4 Å². The predicted octanol–water partition coefficient (Wildman–Crippen LogP) is 7.50. The number of phenols is 1.